The van der Waals surface area contributed by atoms with Gasteiger partial charge in [0.1, 0.15) is 5.82 Å². The van der Waals surface area contributed by atoms with Crippen LogP contribution in [0.2, 0.25) is 0 Å². The first-order valence-electron chi connectivity index (χ1n) is 3.18. The molecular weight excluding hydrogens is 142 g/mol. The third-order valence-corrected chi connectivity index (χ3v) is 1.35. The minimum Gasteiger partial charge on any atom is -0.383 e. The van der Waals surface area contributed by atoms with E-state index in [9.17, 15) is 4.79 Å². The van der Waals surface area contributed by atoms with E-state index in [1.54, 1.807) is 12.1 Å². The van der Waals surface area contributed by atoms with Crippen LogP contribution in [0.1, 0.15) is 16.1 Å². The Morgan fingerprint density at radius 1 is 1.55 bits per heavy atom. The second kappa shape index (κ2) is 3.12. The summed E-state index contributed by atoms with van der Waals surface area (Å²) in [5.41, 5.74) is 11.8. The standard InChI is InChI=1S/C7H9N3O/c8-3-6-2-1-5(4-11)7(9)10-6/h1-2,4H,3,8H2,(H2,9,10). The minimum atomic E-state index is 0.239. The molecule has 4 heteroatoms. The van der Waals surface area contributed by atoms with Crippen molar-refractivity contribution in [3.63, 3.8) is 0 Å². The molecule has 1 rings (SSSR count). The summed E-state index contributed by atoms with van der Waals surface area (Å²) in [7, 11) is 0. The van der Waals surface area contributed by atoms with Crippen molar-refractivity contribution in [2.75, 3.05) is 5.73 Å². The molecule has 4 N–H and O–H groups in total. The van der Waals surface area contributed by atoms with Crippen LogP contribution < -0.4 is 11.5 Å². The van der Waals surface area contributed by atoms with Crippen LogP contribution in [0.4, 0.5) is 5.82 Å². The van der Waals surface area contributed by atoms with Crippen LogP contribution in [0.25, 0.3) is 0 Å². The first-order valence-corrected chi connectivity index (χ1v) is 3.18. The molecule has 0 bridgehead atoms. The molecule has 0 unspecified atom stereocenters. The molecule has 0 fully saturated rings. The maximum atomic E-state index is 10.3. The monoisotopic (exact) mass is 151 g/mol. The number of aldehydes is 1. The van der Waals surface area contributed by atoms with Gasteiger partial charge >= 0.3 is 0 Å². The van der Waals surface area contributed by atoms with E-state index in [1.807, 2.05) is 0 Å². The van der Waals surface area contributed by atoms with E-state index >= 15 is 0 Å². The Balaban J connectivity index is 3.09. The van der Waals surface area contributed by atoms with Gasteiger partial charge in [0.15, 0.2) is 6.29 Å². The van der Waals surface area contributed by atoms with E-state index in [2.05, 4.69) is 4.98 Å². The van der Waals surface area contributed by atoms with Gasteiger partial charge in [-0.05, 0) is 12.1 Å². The number of nitrogens with zero attached hydrogens (tertiary/aromatic N) is 1. The van der Waals surface area contributed by atoms with E-state index in [0.29, 0.717) is 24.1 Å². The normalized spacial score (nSPS) is 9.55. The SMILES string of the molecule is NCc1ccc(C=O)c(N)n1. The van der Waals surface area contributed by atoms with Gasteiger partial charge in [0.25, 0.3) is 0 Å². The lowest BCUT2D eigenvalue weighted by atomic mass is 10.2. The largest absolute Gasteiger partial charge is 0.383 e. The van der Waals surface area contributed by atoms with E-state index in [0.717, 1.165) is 0 Å². The molecule has 4 nitrogen and oxygen atoms in total. The fourth-order valence-corrected chi connectivity index (χ4v) is 0.741. The molecule has 0 aliphatic carbocycles. The number of rotatable bonds is 2. The van der Waals surface area contributed by atoms with Crippen LogP contribution in [0.5, 0.6) is 0 Å². The Morgan fingerprint density at radius 3 is 2.73 bits per heavy atom. The smallest absolute Gasteiger partial charge is 0.153 e. The van der Waals surface area contributed by atoms with Crippen LogP contribution in [-0.4, -0.2) is 11.3 Å². The van der Waals surface area contributed by atoms with Crippen molar-refractivity contribution in [2.45, 2.75) is 6.54 Å². The zero-order valence-electron chi connectivity index (χ0n) is 5.95. The number of nitrogen functional groups attached to an aromatic ring is 1. The second-order valence-corrected chi connectivity index (χ2v) is 2.10. The molecule has 0 amide bonds. The van der Waals surface area contributed by atoms with E-state index in [-0.39, 0.29) is 5.82 Å². The van der Waals surface area contributed by atoms with Crippen molar-refractivity contribution in [3.05, 3.63) is 23.4 Å². The van der Waals surface area contributed by atoms with E-state index < -0.39 is 0 Å². The number of carbonyl (C=O) groups excluding carboxylic acids is 1. The van der Waals surface area contributed by atoms with Gasteiger partial charge in [-0.2, -0.15) is 0 Å². The molecule has 1 heterocycles. The zero-order chi connectivity index (χ0) is 8.27. The molecule has 0 saturated carbocycles. The third-order valence-electron chi connectivity index (χ3n) is 1.35. The summed E-state index contributed by atoms with van der Waals surface area (Å²) in [4.78, 5) is 14.2. The maximum Gasteiger partial charge on any atom is 0.153 e. The summed E-state index contributed by atoms with van der Waals surface area (Å²) >= 11 is 0. The van der Waals surface area contributed by atoms with Crippen LogP contribution in [0.3, 0.4) is 0 Å². The predicted octanol–water partition coefficient (Wildman–Crippen LogP) is -0.0650. The molecule has 0 atom stereocenters. The Labute approximate surface area is 64.2 Å². The van der Waals surface area contributed by atoms with E-state index in [1.165, 1.54) is 0 Å². The van der Waals surface area contributed by atoms with Gasteiger partial charge in [0.05, 0.1) is 11.3 Å². The summed E-state index contributed by atoms with van der Waals surface area (Å²) in [6.45, 7) is 0.337. The Bertz CT molecular complexity index is 272. The fraction of sp³-hybridized carbons (Fsp3) is 0.143. The molecular formula is C7H9N3O. The maximum absolute atomic E-state index is 10.3. The van der Waals surface area contributed by atoms with Gasteiger partial charge in [0.2, 0.25) is 0 Å². The van der Waals surface area contributed by atoms with Crippen molar-refractivity contribution in [2.24, 2.45) is 5.73 Å². The second-order valence-electron chi connectivity index (χ2n) is 2.10. The van der Waals surface area contributed by atoms with Crippen LogP contribution in [-0.2, 0) is 6.54 Å². The number of nitrogens with two attached hydrogens (primary N) is 2. The molecule has 1 aromatic rings. The summed E-state index contributed by atoms with van der Waals surface area (Å²) in [5.74, 6) is 0.239. The van der Waals surface area contributed by atoms with Crippen LogP contribution >= 0.6 is 0 Å². The minimum absolute atomic E-state index is 0.239. The Kier molecular flexibility index (Phi) is 2.18. The molecule has 0 aliphatic rings. The summed E-state index contributed by atoms with van der Waals surface area (Å²) < 4.78 is 0. The van der Waals surface area contributed by atoms with Crippen molar-refractivity contribution in [1.29, 1.82) is 0 Å². The summed E-state index contributed by atoms with van der Waals surface area (Å²) in [6, 6.07) is 3.29. The van der Waals surface area contributed by atoms with Gasteiger partial charge in [-0.1, -0.05) is 0 Å². The van der Waals surface area contributed by atoms with Crippen molar-refractivity contribution >= 4 is 12.1 Å². The summed E-state index contributed by atoms with van der Waals surface area (Å²) in [6.07, 6.45) is 0.669. The van der Waals surface area contributed by atoms with Gasteiger partial charge in [0, 0.05) is 6.54 Å². The molecule has 0 aromatic carbocycles. The first-order chi connectivity index (χ1) is 5.27. The number of anilines is 1. The van der Waals surface area contributed by atoms with Gasteiger partial charge in [-0.25, -0.2) is 4.98 Å². The Hall–Kier alpha value is -1.42. The molecule has 0 aliphatic heterocycles. The van der Waals surface area contributed by atoms with Gasteiger partial charge in [-0.15, -0.1) is 0 Å². The van der Waals surface area contributed by atoms with Crippen molar-refractivity contribution < 1.29 is 4.79 Å². The lowest BCUT2D eigenvalue weighted by molar-refractivity contribution is 0.112. The number of hydrogen-bond donors (Lipinski definition) is 2. The lowest BCUT2D eigenvalue weighted by Crippen LogP contribution is -2.04. The highest BCUT2D eigenvalue weighted by molar-refractivity contribution is 5.81. The zero-order valence-corrected chi connectivity index (χ0v) is 5.95. The van der Waals surface area contributed by atoms with Crippen LogP contribution in [0.15, 0.2) is 12.1 Å². The Morgan fingerprint density at radius 2 is 2.27 bits per heavy atom. The molecule has 0 spiro atoms. The average molecular weight is 151 g/mol. The predicted molar refractivity (Wildman–Crippen MR) is 41.9 cm³/mol. The highest BCUT2D eigenvalue weighted by atomic mass is 16.1. The molecule has 11 heavy (non-hydrogen) atoms. The quantitative estimate of drug-likeness (QED) is 0.580. The van der Waals surface area contributed by atoms with Gasteiger partial charge in [-0.3, -0.25) is 4.79 Å². The molecule has 1 aromatic heterocycles. The lowest BCUT2D eigenvalue weighted by Gasteiger charge is -1.99. The van der Waals surface area contributed by atoms with Gasteiger partial charge < -0.3 is 11.5 Å². The topological polar surface area (TPSA) is 82.0 Å². The number of hydrogen-bond acceptors (Lipinski definition) is 4. The molecule has 0 radical (unpaired) electrons. The van der Waals surface area contributed by atoms with Crippen molar-refractivity contribution in [1.82, 2.24) is 4.98 Å². The van der Waals surface area contributed by atoms with Crippen LogP contribution in [0, 0.1) is 0 Å². The summed E-state index contributed by atoms with van der Waals surface area (Å²) in [5, 5.41) is 0. The molecule has 0 saturated heterocycles. The number of aromatic nitrogens is 1. The van der Waals surface area contributed by atoms with Crippen molar-refractivity contribution in [3.8, 4) is 0 Å². The average Bonchev–Trinajstić information content (AvgIpc) is 2.04. The molecule has 58 valence electrons. The first kappa shape index (κ1) is 7.68. The highest BCUT2D eigenvalue weighted by Crippen LogP contribution is 2.06. The number of carbonyl (C=O) groups is 1. The third kappa shape index (κ3) is 1.53. The van der Waals surface area contributed by atoms with E-state index in [4.69, 9.17) is 11.5 Å². The number of pyridine rings is 1. The fourth-order valence-electron chi connectivity index (χ4n) is 0.741. The highest BCUT2D eigenvalue weighted by Gasteiger charge is 1.98.